The predicted octanol–water partition coefficient (Wildman–Crippen LogP) is 4.26. The van der Waals surface area contributed by atoms with Gasteiger partial charge in [-0.3, -0.25) is 0 Å². The summed E-state index contributed by atoms with van der Waals surface area (Å²) >= 11 is 6.74. The highest BCUT2D eigenvalue weighted by Gasteiger charge is 2.41. The number of hydrogen-bond acceptors (Lipinski definition) is 6. The Bertz CT molecular complexity index is 1020. The highest BCUT2D eigenvalue weighted by molar-refractivity contribution is 6.33. The molecular formula is C22H24ClNO6. The molecule has 2 aliphatic rings. The van der Waals surface area contributed by atoms with E-state index < -0.39 is 0 Å². The Labute approximate surface area is 180 Å². The van der Waals surface area contributed by atoms with Crippen molar-refractivity contribution in [2.45, 2.75) is 18.9 Å². The molecule has 0 N–H and O–H groups in total. The van der Waals surface area contributed by atoms with Gasteiger partial charge < -0.3 is 28.6 Å². The second-order valence-corrected chi connectivity index (χ2v) is 7.52. The van der Waals surface area contributed by atoms with Crippen LogP contribution in [0.1, 0.15) is 22.7 Å². The van der Waals surface area contributed by atoms with Gasteiger partial charge in [0, 0.05) is 12.1 Å². The number of hydrogen-bond donors (Lipinski definition) is 0. The number of ether oxygens (including phenoxy) is 5. The number of amides is 1. The second-order valence-electron chi connectivity index (χ2n) is 7.15. The van der Waals surface area contributed by atoms with Crippen LogP contribution in [0, 0.1) is 0 Å². The first-order chi connectivity index (χ1) is 14.5. The monoisotopic (exact) mass is 433 g/mol. The van der Waals surface area contributed by atoms with Crippen LogP contribution < -0.4 is 18.9 Å². The number of benzene rings is 2. The summed E-state index contributed by atoms with van der Waals surface area (Å²) in [6.07, 6.45) is 0.818. The first kappa shape index (κ1) is 20.5. The van der Waals surface area contributed by atoms with Crippen LogP contribution in [0.2, 0.25) is 5.02 Å². The smallest absolute Gasteiger partial charge is 0.410 e. The fourth-order valence-electron chi connectivity index (χ4n) is 4.62. The molecule has 160 valence electrons. The van der Waals surface area contributed by atoms with Crippen LogP contribution in [-0.4, -0.2) is 53.1 Å². The van der Waals surface area contributed by atoms with Crippen LogP contribution in [0.15, 0.2) is 12.1 Å². The van der Waals surface area contributed by atoms with Crippen LogP contribution >= 0.6 is 11.6 Å². The molecule has 0 fully saturated rings. The Morgan fingerprint density at radius 1 is 1.00 bits per heavy atom. The number of fused-ring (bicyclic) bond motifs is 2. The summed E-state index contributed by atoms with van der Waals surface area (Å²) in [5.74, 6) is 2.26. The summed E-state index contributed by atoms with van der Waals surface area (Å²) < 4.78 is 27.5. The molecule has 2 aromatic rings. The first-order valence-corrected chi connectivity index (χ1v) is 9.94. The van der Waals surface area contributed by atoms with Crippen molar-refractivity contribution in [3.63, 3.8) is 0 Å². The molecule has 1 amide bonds. The maximum atomic E-state index is 12.5. The Balaban J connectivity index is 2.08. The average Bonchev–Trinajstić information content (AvgIpc) is 2.78. The Morgan fingerprint density at radius 3 is 2.27 bits per heavy atom. The molecule has 0 bridgehead atoms. The topological polar surface area (TPSA) is 66.5 Å². The third kappa shape index (κ3) is 2.83. The van der Waals surface area contributed by atoms with Crippen LogP contribution in [0.4, 0.5) is 4.79 Å². The fourth-order valence-corrected chi connectivity index (χ4v) is 4.98. The SMILES string of the molecule is COC(=O)N1CCc2c(Cl)c(OC)c(OC)c3c2C1Cc1cc(OC)c(OC)cc1-3. The first-order valence-electron chi connectivity index (χ1n) is 9.56. The van der Waals surface area contributed by atoms with Gasteiger partial charge in [0.15, 0.2) is 23.0 Å². The molecule has 7 nitrogen and oxygen atoms in total. The molecule has 0 radical (unpaired) electrons. The molecular weight excluding hydrogens is 410 g/mol. The minimum Gasteiger partial charge on any atom is -0.493 e. The number of carbonyl (C=O) groups excluding carboxylic acids is 1. The molecule has 1 heterocycles. The van der Waals surface area contributed by atoms with Gasteiger partial charge in [-0.1, -0.05) is 11.6 Å². The molecule has 1 aliphatic carbocycles. The number of rotatable bonds is 4. The van der Waals surface area contributed by atoms with E-state index >= 15 is 0 Å². The van der Waals surface area contributed by atoms with E-state index in [1.54, 1.807) is 33.3 Å². The molecule has 0 spiro atoms. The third-order valence-corrected chi connectivity index (χ3v) is 6.31. The van der Waals surface area contributed by atoms with E-state index in [0.717, 1.165) is 27.8 Å². The molecule has 30 heavy (non-hydrogen) atoms. The summed E-state index contributed by atoms with van der Waals surface area (Å²) in [4.78, 5) is 14.3. The van der Waals surface area contributed by atoms with Gasteiger partial charge in [-0.25, -0.2) is 4.79 Å². The normalized spacial score (nSPS) is 16.3. The highest BCUT2D eigenvalue weighted by Crippen LogP contribution is 2.56. The van der Waals surface area contributed by atoms with Crippen molar-refractivity contribution in [1.29, 1.82) is 0 Å². The lowest BCUT2D eigenvalue weighted by Crippen LogP contribution is -2.42. The zero-order chi connectivity index (χ0) is 21.6. The summed E-state index contributed by atoms with van der Waals surface area (Å²) in [6, 6.07) is 3.65. The lowest BCUT2D eigenvalue weighted by molar-refractivity contribution is 0.100. The van der Waals surface area contributed by atoms with Crippen molar-refractivity contribution in [3.05, 3.63) is 33.8 Å². The molecule has 1 aliphatic heterocycles. The van der Waals surface area contributed by atoms with Crippen molar-refractivity contribution in [2.24, 2.45) is 0 Å². The zero-order valence-electron chi connectivity index (χ0n) is 17.6. The number of methoxy groups -OCH3 is 5. The van der Waals surface area contributed by atoms with Crippen LogP contribution in [0.5, 0.6) is 23.0 Å². The predicted molar refractivity (Wildman–Crippen MR) is 112 cm³/mol. The van der Waals surface area contributed by atoms with E-state index in [-0.39, 0.29) is 12.1 Å². The van der Waals surface area contributed by atoms with E-state index in [2.05, 4.69) is 0 Å². The van der Waals surface area contributed by atoms with Crippen molar-refractivity contribution in [3.8, 4) is 34.1 Å². The fraction of sp³-hybridized carbons (Fsp3) is 0.409. The second kappa shape index (κ2) is 7.80. The van der Waals surface area contributed by atoms with Crippen LogP contribution in [0.25, 0.3) is 11.1 Å². The number of halogens is 1. The molecule has 2 aromatic carbocycles. The maximum absolute atomic E-state index is 12.5. The molecule has 1 atom stereocenters. The lowest BCUT2D eigenvalue weighted by Gasteiger charge is -2.42. The quantitative estimate of drug-likeness (QED) is 0.717. The van der Waals surface area contributed by atoms with Gasteiger partial charge in [-0.15, -0.1) is 0 Å². The van der Waals surface area contributed by atoms with E-state index in [9.17, 15) is 4.79 Å². The molecule has 0 saturated carbocycles. The molecule has 1 unspecified atom stereocenters. The van der Waals surface area contributed by atoms with E-state index in [0.29, 0.717) is 47.4 Å². The van der Waals surface area contributed by atoms with Gasteiger partial charge in [-0.05, 0) is 47.2 Å². The average molecular weight is 434 g/mol. The van der Waals surface area contributed by atoms with Gasteiger partial charge in [0.2, 0.25) is 0 Å². The van der Waals surface area contributed by atoms with Gasteiger partial charge in [0.1, 0.15) is 0 Å². The van der Waals surface area contributed by atoms with Crippen molar-refractivity contribution < 1.29 is 28.5 Å². The van der Waals surface area contributed by atoms with Crippen LogP contribution in [0.3, 0.4) is 0 Å². The largest absolute Gasteiger partial charge is 0.493 e. The summed E-state index contributed by atoms with van der Waals surface area (Å²) in [5, 5.41) is 0.520. The standard InChI is InChI=1S/C22H24ClNO6/c1-26-15-9-11-8-14-17-12(6-7-24(14)22(25)30-5)19(23)21(29-4)20(28-3)18(17)13(11)10-16(15)27-2/h9-10,14H,6-8H2,1-5H3. The van der Waals surface area contributed by atoms with Gasteiger partial charge in [0.05, 0.1) is 46.6 Å². The maximum Gasteiger partial charge on any atom is 0.410 e. The summed E-state index contributed by atoms with van der Waals surface area (Å²) in [7, 11) is 7.75. The highest BCUT2D eigenvalue weighted by atomic mass is 35.5. The van der Waals surface area contributed by atoms with Crippen molar-refractivity contribution in [2.75, 3.05) is 42.1 Å². The van der Waals surface area contributed by atoms with E-state index in [4.69, 9.17) is 35.3 Å². The van der Waals surface area contributed by atoms with Gasteiger partial charge in [-0.2, -0.15) is 0 Å². The van der Waals surface area contributed by atoms with Crippen LogP contribution in [-0.2, 0) is 17.6 Å². The van der Waals surface area contributed by atoms with Gasteiger partial charge in [0.25, 0.3) is 0 Å². The lowest BCUT2D eigenvalue weighted by atomic mass is 9.76. The summed E-state index contributed by atoms with van der Waals surface area (Å²) in [5.41, 5.74) is 4.74. The Morgan fingerprint density at radius 2 is 1.67 bits per heavy atom. The molecule has 4 rings (SSSR count). The van der Waals surface area contributed by atoms with Crippen molar-refractivity contribution in [1.82, 2.24) is 4.90 Å². The van der Waals surface area contributed by atoms with E-state index in [1.807, 2.05) is 12.1 Å². The minimum atomic E-state index is -0.369. The van der Waals surface area contributed by atoms with Gasteiger partial charge >= 0.3 is 6.09 Å². The number of carbonyl (C=O) groups is 1. The Kier molecular flexibility index (Phi) is 5.32. The number of nitrogens with zero attached hydrogens (tertiary/aromatic N) is 1. The van der Waals surface area contributed by atoms with E-state index in [1.165, 1.54) is 7.11 Å². The van der Waals surface area contributed by atoms with Crippen molar-refractivity contribution >= 4 is 17.7 Å². The summed E-state index contributed by atoms with van der Waals surface area (Å²) in [6.45, 7) is 0.502. The minimum absolute atomic E-state index is 0.237. The Hall–Kier alpha value is -2.80. The molecule has 0 aromatic heterocycles. The zero-order valence-corrected chi connectivity index (χ0v) is 18.4. The third-order valence-electron chi connectivity index (χ3n) is 5.91. The molecule has 8 heteroatoms. The molecule has 0 saturated heterocycles.